The summed E-state index contributed by atoms with van der Waals surface area (Å²) < 4.78 is 22.0. The fraction of sp³-hybridized carbons (Fsp3) is 0.455. The van der Waals surface area contributed by atoms with Crippen molar-refractivity contribution in [2.45, 2.75) is 32.1 Å². The van der Waals surface area contributed by atoms with Crippen LogP contribution in [0.25, 0.3) is 0 Å². The third-order valence-corrected chi connectivity index (χ3v) is 3.46. The average Bonchev–Trinajstić information content (AvgIpc) is 2.13. The van der Waals surface area contributed by atoms with Gasteiger partial charge in [0.05, 0.1) is 6.10 Å². The zero-order chi connectivity index (χ0) is 12.9. The lowest BCUT2D eigenvalue weighted by molar-refractivity contribution is 0.208. The molecule has 4 nitrogen and oxygen atoms in total. The Hall–Kier alpha value is -0.910. The van der Waals surface area contributed by atoms with E-state index >= 15 is 0 Å². The molecule has 16 heavy (non-hydrogen) atoms. The second-order valence-electron chi connectivity index (χ2n) is 3.86. The first-order chi connectivity index (χ1) is 7.16. The molecule has 0 amide bonds. The highest BCUT2D eigenvalue weighted by Crippen LogP contribution is 2.11. The van der Waals surface area contributed by atoms with Crippen LogP contribution in [0.15, 0.2) is 36.0 Å². The molecule has 0 unspecified atom stereocenters. The molecule has 3 N–H and O–H groups in total. The Morgan fingerprint density at radius 1 is 1.44 bits per heavy atom. The monoisotopic (exact) mass is 245 g/mol. The number of sulfonamides is 1. The molecule has 92 valence electrons. The number of nitrogens with two attached hydrogens (primary N) is 1. The molecule has 0 rings (SSSR count). The standard InChI is InChI=1S/C11H19NO3S/c1-8(2)6-5-7-9(3)11(13)10(4)16(12,14)15/h5-7,10-11,13H,1H2,2-4H3,(H2,12,14,15)/b6-5-,9-7+/t10-,11+/m0/s1. The van der Waals surface area contributed by atoms with Gasteiger partial charge in [-0.3, -0.25) is 0 Å². The second-order valence-corrected chi connectivity index (χ2v) is 5.78. The smallest absolute Gasteiger partial charge is 0.214 e. The lowest BCUT2D eigenvalue weighted by atomic mass is 10.1. The van der Waals surface area contributed by atoms with Crippen LogP contribution in [-0.4, -0.2) is 24.9 Å². The van der Waals surface area contributed by atoms with Crippen LogP contribution in [0.1, 0.15) is 20.8 Å². The molecule has 5 heteroatoms. The summed E-state index contributed by atoms with van der Waals surface area (Å²) in [5.74, 6) is 0. The van der Waals surface area contributed by atoms with E-state index in [0.29, 0.717) is 5.57 Å². The van der Waals surface area contributed by atoms with Crippen LogP contribution in [0, 0.1) is 0 Å². The summed E-state index contributed by atoms with van der Waals surface area (Å²) in [6.07, 6.45) is 4.01. The minimum atomic E-state index is -3.72. The largest absolute Gasteiger partial charge is 0.387 e. The molecule has 0 saturated carbocycles. The summed E-state index contributed by atoms with van der Waals surface area (Å²) in [6, 6.07) is 0. The number of aliphatic hydroxyl groups excluding tert-OH is 1. The number of primary sulfonamides is 1. The number of hydrogen-bond acceptors (Lipinski definition) is 3. The first-order valence-corrected chi connectivity index (χ1v) is 6.47. The van der Waals surface area contributed by atoms with E-state index in [1.54, 1.807) is 25.2 Å². The highest BCUT2D eigenvalue weighted by atomic mass is 32.2. The molecule has 0 fully saturated rings. The fourth-order valence-electron chi connectivity index (χ4n) is 1.01. The molecule has 0 aromatic heterocycles. The van der Waals surface area contributed by atoms with Crippen molar-refractivity contribution in [3.05, 3.63) is 36.0 Å². The molecule has 0 radical (unpaired) electrons. The normalized spacial score (nSPS) is 17.4. The Kier molecular flexibility index (Phi) is 5.64. The van der Waals surface area contributed by atoms with E-state index in [1.807, 2.05) is 6.92 Å². The summed E-state index contributed by atoms with van der Waals surface area (Å²) in [6.45, 7) is 8.54. The third-order valence-electron chi connectivity index (χ3n) is 2.17. The van der Waals surface area contributed by atoms with Gasteiger partial charge in [0, 0.05) is 0 Å². The molecule has 0 aliphatic rings. The number of allylic oxidation sites excluding steroid dienone is 4. The molecule has 2 atom stereocenters. The molecule has 0 aliphatic carbocycles. The van der Waals surface area contributed by atoms with Crippen LogP contribution < -0.4 is 5.14 Å². The van der Waals surface area contributed by atoms with Gasteiger partial charge in [-0.15, -0.1) is 0 Å². The van der Waals surface area contributed by atoms with E-state index in [-0.39, 0.29) is 0 Å². The molecule has 0 heterocycles. The zero-order valence-corrected chi connectivity index (χ0v) is 10.7. The Bertz CT molecular complexity index is 407. The Balaban J connectivity index is 4.74. The molecule has 0 bridgehead atoms. The van der Waals surface area contributed by atoms with Crippen molar-refractivity contribution in [1.82, 2.24) is 0 Å². The maximum atomic E-state index is 11.0. The van der Waals surface area contributed by atoms with E-state index in [2.05, 4.69) is 6.58 Å². The summed E-state index contributed by atoms with van der Waals surface area (Å²) in [7, 11) is -3.72. The van der Waals surface area contributed by atoms with Crippen molar-refractivity contribution in [2.24, 2.45) is 5.14 Å². The Morgan fingerprint density at radius 3 is 2.31 bits per heavy atom. The molecule has 0 spiro atoms. The molecular weight excluding hydrogens is 226 g/mol. The van der Waals surface area contributed by atoms with E-state index in [0.717, 1.165) is 5.57 Å². The van der Waals surface area contributed by atoms with Crippen LogP contribution in [0.3, 0.4) is 0 Å². The predicted molar refractivity (Wildman–Crippen MR) is 66.3 cm³/mol. The SMILES string of the molecule is C=C(C)/C=C\C=C(/C)[C@@H](O)[C@H](C)S(N)(=O)=O. The number of aliphatic hydroxyl groups is 1. The second kappa shape index (κ2) is 5.98. The Morgan fingerprint density at radius 2 is 1.94 bits per heavy atom. The maximum Gasteiger partial charge on any atom is 0.214 e. The predicted octanol–water partition coefficient (Wildman–Crippen LogP) is 1.10. The molecule has 0 aromatic rings. The van der Waals surface area contributed by atoms with Gasteiger partial charge in [-0.2, -0.15) is 0 Å². The first-order valence-electron chi connectivity index (χ1n) is 4.86. The van der Waals surface area contributed by atoms with Crippen molar-refractivity contribution in [1.29, 1.82) is 0 Å². The van der Waals surface area contributed by atoms with Gasteiger partial charge in [-0.1, -0.05) is 30.4 Å². The van der Waals surface area contributed by atoms with E-state index < -0.39 is 21.4 Å². The summed E-state index contributed by atoms with van der Waals surface area (Å²) >= 11 is 0. The van der Waals surface area contributed by atoms with E-state index in [1.165, 1.54) is 6.92 Å². The number of hydrogen-bond donors (Lipinski definition) is 2. The maximum absolute atomic E-state index is 11.0. The highest BCUT2D eigenvalue weighted by Gasteiger charge is 2.25. The summed E-state index contributed by atoms with van der Waals surface area (Å²) in [5, 5.41) is 13.6. The zero-order valence-electron chi connectivity index (χ0n) is 9.84. The van der Waals surface area contributed by atoms with Crippen LogP contribution in [0.4, 0.5) is 0 Å². The fourth-order valence-corrected chi connectivity index (χ4v) is 1.59. The highest BCUT2D eigenvalue weighted by molar-refractivity contribution is 7.89. The van der Waals surface area contributed by atoms with Gasteiger partial charge in [0.25, 0.3) is 0 Å². The van der Waals surface area contributed by atoms with Gasteiger partial charge >= 0.3 is 0 Å². The van der Waals surface area contributed by atoms with E-state index in [9.17, 15) is 13.5 Å². The Labute approximate surface area is 97.2 Å². The summed E-state index contributed by atoms with van der Waals surface area (Å²) in [4.78, 5) is 0. The average molecular weight is 245 g/mol. The van der Waals surface area contributed by atoms with Gasteiger partial charge in [0.1, 0.15) is 5.25 Å². The van der Waals surface area contributed by atoms with Gasteiger partial charge in [0.15, 0.2) is 0 Å². The number of rotatable bonds is 5. The lowest BCUT2D eigenvalue weighted by Crippen LogP contribution is -2.36. The van der Waals surface area contributed by atoms with Crippen molar-refractivity contribution in [3.63, 3.8) is 0 Å². The lowest BCUT2D eigenvalue weighted by Gasteiger charge is -2.17. The van der Waals surface area contributed by atoms with E-state index in [4.69, 9.17) is 5.14 Å². The van der Waals surface area contributed by atoms with Gasteiger partial charge in [0.2, 0.25) is 10.0 Å². The van der Waals surface area contributed by atoms with Crippen molar-refractivity contribution in [3.8, 4) is 0 Å². The van der Waals surface area contributed by atoms with Gasteiger partial charge < -0.3 is 5.11 Å². The summed E-state index contributed by atoms with van der Waals surface area (Å²) in [5.41, 5.74) is 1.41. The molecule has 0 aromatic carbocycles. The third kappa shape index (κ3) is 5.25. The molecular formula is C11H19NO3S. The van der Waals surface area contributed by atoms with Crippen molar-refractivity contribution < 1.29 is 13.5 Å². The van der Waals surface area contributed by atoms with Crippen molar-refractivity contribution >= 4 is 10.0 Å². The minimum absolute atomic E-state index is 0.541. The van der Waals surface area contributed by atoms with Gasteiger partial charge in [-0.25, -0.2) is 13.6 Å². The van der Waals surface area contributed by atoms with Crippen LogP contribution in [0.5, 0.6) is 0 Å². The van der Waals surface area contributed by atoms with Crippen LogP contribution in [0.2, 0.25) is 0 Å². The quantitative estimate of drug-likeness (QED) is 0.712. The van der Waals surface area contributed by atoms with Gasteiger partial charge in [-0.05, 0) is 26.3 Å². The molecule has 0 aliphatic heterocycles. The van der Waals surface area contributed by atoms with Crippen LogP contribution >= 0.6 is 0 Å². The molecule has 0 saturated heterocycles. The van der Waals surface area contributed by atoms with Crippen molar-refractivity contribution in [2.75, 3.05) is 0 Å². The van der Waals surface area contributed by atoms with Crippen LogP contribution in [-0.2, 0) is 10.0 Å². The minimum Gasteiger partial charge on any atom is -0.387 e. The first kappa shape index (κ1) is 15.1. The topological polar surface area (TPSA) is 80.4 Å².